The minimum absolute atomic E-state index is 0.236. The molecule has 2 aliphatic rings. The largest absolute Gasteiger partial charge is 0.349 e. The molecule has 0 saturated heterocycles. The van der Waals surface area contributed by atoms with Gasteiger partial charge in [0.05, 0.1) is 17.1 Å². The third-order valence-corrected chi connectivity index (χ3v) is 3.95. The summed E-state index contributed by atoms with van der Waals surface area (Å²) in [5, 5.41) is 0. The van der Waals surface area contributed by atoms with Crippen molar-refractivity contribution >= 4 is 22.6 Å². The molecule has 2 heteroatoms. The first kappa shape index (κ1) is 9.77. The Morgan fingerprint density at radius 1 is 0.889 bits per heavy atom. The van der Waals surface area contributed by atoms with Gasteiger partial charge in [-0.25, -0.2) is 0 Å². The van der Waals surface area contributed by atoms with Crippen LogP contribution in [0.25, 0.3) is 5.57 Å². The first-order chi connectivity index (χ1) is 8.79. The summed E-state index contributed by atoms with van der Waals surface area (Å²) >= 11 is 0. The Bertz CT molecular complexity index is 660. The lowest BCUT2D eigenvalue weighted by molar-refractivity contribution is 0.844. The first-order valence-corrected chi connectivity index (χ1v) is 6.18. The van der Waals surface area contributed by atoms with Gasteiger partial charge in [0, 0.05) is 12.6 Å². The van der Waals surface area contributed by atoms with E-state index >= 15 is 0 Å². The average molecular weight is 234 g/mol. The van der Waals surface area contributed by atoms with Crippen molar-refractivity contribution in [2.24, 2.45) is 0 Å². The van der Waals surface area contributed by atoms with Crippen molar-refractivity contribution in [1.29, 1.82) is 0 Å². The van der Waals surface area contributed by atoms with E-state index in [9.17, 15) is 0 Å². The van der Waals surface area contributed by atoms with E-state index in [-0.39, 0.29) is 6.17 Å². The Labute approximate surface area is 107 Å². The maximum absolute atomic E-state index is 4.29. The van der Waals surface area contributed by atoms with Crippen molar-refractivity contribution in [3.05, 3.63) is 60.7 Å². The molecule has 0 unspecified atom stereocenters. The number of nitrogens with zero attached hydrogens (tertiary/aromatic N) is 2. The van der Waals surface area contributed by atoms with Crippen LogP contribution in [0, 0.1) is 0 Å². The highest BCUT2D eigenvalue weighted by molar-refractivity contribution is 5.99. The van der Waals surface area contributed by atoms with Crippen LogP contribution in [-0.2, 0) is 0 Å². The number of rotatable bonds is 0. The van der Waals surface area contributed by atoms with Crippen LogP contribution in [-0.4, -0.2) is 13.2 Å². The zero-order valence-electron chi connectivity index (χ0n) is 10.3. The molecule has 2 heterocycles. The summed E-state index contributed by atoms with van der Waals surface area (Å²) in [6.45, 7) is 4.29. The minimum Gasteiger partial charge on any atom is -0.349 e. The highest BCUT2D eigenvalue weighted by Gasteiger charge is 2.42. The number of benzene rings is 2. The normalized spacial score (nSPS) is 19.8. The third-order valence-electron chi connectivity index (χ3n) is 3.95. The van der Waals surface area contributed by atoms with E-state index in [1.165, 1.54) is 28.2 Å². The molecule has 0 saturated carbocycles. The number of likely N-dealkylation sites (N-methyl/N-ethyl adjacent to an activating group) is 1. The number of fused-ring (bicyclic) bond motifs is 5. The molecule has 18 heavy (non-hydrogen) atoms. The molecule has 2 aromatic rings. The predicted molar refractivity (Wildman–Crippen MR) is 76.2 cm³/mol. The molecule has 0 aliphatic carbocycles. The monoisotopic (exact) mass is 234 g/mol. The van der Waals surface area contributed by atoms with Gasteiger partial charge in [0.15, 0.2) is 0 Å². The topological polar surface area (TPSA) is 6.48 Å². The Morgan fingerprint density at radius 2 is 1.50 bits per heavy atom. The summed E-state index contributed by atoms with van der Waals surface area (Å²) in [6.07, 6.45) is 0.236. The van der Waals surface area contributed by atoms with Gasteiger partial charge in [-0.2, -0.15) is 0 Å². The highest BCUT2D eigenvalue weighted by atomic mass is 15.4. The molecule has 0 fully saturated rings. The standard InChI is InChI=1S/C16H14N2/c1-11-12-7-3-4-8-13(12)18-15-10-6-5-9-14(15)17(2)16(11)18/h3-10,16H,1H2,2H3/t16-/m0/s1. The van der Waals surface area contributed by atoms with Gasteiger partial charge in [0.25, 0.3) is 0 Å². The predicted octanol–water partition coefficient (Wildman–Crippen LogP) is 3.63. The lowest BCUT2D eigenvalue weighted by Gasteiger charge is -2.24. The fourth-order valence-corrected chi connectivity index (χ4v) is 3.15. The van der Waals surface area contributed by atoms with Gasteiger partial charge < -0.3 is 9.80 Å². The SMILES string of the molecule is C=C1c2ccccc2N2c3ccccc3N(C)[C@H]12. The van der Waals surface area contributed by atoms with E-state index < -0.39 is 0 Å². The lowest BCUT2D eigenvalue weighted by Crippen LogP contribution is -2.35. The van der Waals surface area contributed by atoms with Crippen LogP contribution in [0.5, 0.6) is 0 Å². The Kier molecular flexibility index (Phi) is 1.72. The van der Waals surface area contributed by atoms with Crippen molar-refractivity contribution in [3.63, 3.8) is 0 Å². The zero-order valence-corrected chi connectivity index (χ0v) is 10.3. The Morgan fingerprint density at radius 3 is 2.28 bits per heavy atom. The molecule has 4 rings (SSSR count). The molecule has 0 amide bonds. The molecule has 0 N–H and O–H groups in total. The molecule has 88 valence electrons. The van der Waals surface area contributed by atoms with E-state index in [0.717, 1.165) is 0 Å². The second-order valence-corrected chi connectivity index (χ2v) is 4.89. The summed E-state index contributed by atoms with van der Waals surface area (Å²) in [5.41, 5.74) is 6.27. The van der Waals surface area contributed by atoms with Gasteiger partial charge in [0.1, 0.15) is 6.17 Å². The molecule has 2 aliphatic heterocycles. The van der Waals surface area contributed by atoms with Gasteiger partial charge >= 0.3 is 0 Å². The number of hydrogen-bond acceptors (Lipinski definition) is 2. The Balaban J connectivity index is 2.01. The van der Waals surface area contributed by atoms with Gasteiger partial charge in [0.2, 0.25) is 0 Å². The van der Waals surface area contributed by atoms with Gasteiger partial charge in [-0.15, -0.1) is 0 Å². The number of para-hydroxylation sites is 3. The van der Waals surface area contributed by atoms with Gasteiger partial charge in [-0.05, 0) is 23.8 Å². The van der Waals surface area contributed by atoms with Crippen LogP contribution >= 0.6 is 0 Å². The summed E-state index contributed by atoms with van der Waals surface area (Å²) in [7, 11) is 2.14. The lowest BCUT2D eigenvalue weighted by atomic mass is 10.1. The van der Waals surface area contributed by atoms with Crippen molar-refractivity contribution in [2.45, 2.75) is 6.17 Å². The molecular weight excluding hydrogens is 220 g/mol. The van der Waals surface area contributed by atoms with Crippen LogP contribution in [0.4, 0.5) is 17.1 Å². The second kappa shape index (κ2) is 3.16. The van der Waals surface area contributed by atoms with Gasteiger partial charge in [-0.1, -0.05) is 36.9 Å². The molecule has 1 atom stereocenters. The molecule has 0 spiro atoms. The van der Waals surface area contributed by atoms with Crippen LogP contribution < -0.4 is 9.80 Å². The summed E-state index contributed by atoms with van der Waals surface area (Å²) < 4.78 is 0. The molecule has 0 aromatic heterocycles. The van der Waals surface area contributed by atoms with E-state index in [0.29, 0.717) is 0 Å². The van der Waals surface area contributed by atoms with Crippen LogP contribution in [0.2, 0.25) is 0 Å². The van der Waals surface area contributed by atoms with Crippen molar-refractivity contribution in [3.8, 4) is 0 Å². The fourth-order valence-electron chi connectivity index (χ4n) is 3.15. The molecule has 2 aromatic carbocycles. The van der Waals surface area contributed by atoms with E-state index in [2.05, 4.69) is 72.0 Å². The first-order valence-electron chi connectivity index (χ1n) is 6.18. The molecular formula is C16H14N2. The summed E-state index contributed by atoms with van der Waals surface area (Å²) in [4.78, 5) is 4.69. The summed E-state index contributed by atoms with van der Waals surface area (Å²) in [6, 6.07) is 17.0. The number of hydrogen-bond donors (Lipinski definition) is 0. The quantitative estimate of drug-likeness (QED) is 0.687. The second-order valence-electron chi connectivity index (χ2n) is 4.89. The van der Waals surface area contributed by atoms with Crippen LogP contribution in [0.1, 0.15) is 5.56 Å². The third kappa shape index (κ3) is 0.986. The molecule has 0 radical (unpaired) electrons. The van der Waals surface area contributed by atoms with Crippen molar-refractivity contribution in [1.82, 2.24) is 0 Å². The van der Waals surface area contributed by atoms with Gasteiger partial charge in [-0.3, -0.25) is 0 Å². The Hall–Kier alpha value is -2.22. The van der Waals surface area contributed by atoms with Crippen LogP contribution in [0.15, 0.2) is 55.1 Å². The smallest absolute Gasteiger partial charge is 0.132 e. The molecule has 2 nitrogen and oxygen atoms in total. The minimum atomic E-state index is 0.236. The van der Waals surface area contributed by atoms with Crippen LogP contribution in [0.3, 0.4) is 0 Å². The maximum atomic E-state index is 4.29. The van der Waals surface area contributed by atoms with Crippen molar-refractivity contribution < 1.29 is 0 Å². The maximum Gasteiger partial charge on any atom is 0.132 e. The number of anilines is 3. The average Bonchev–Trinajstić information content (AvgIpc) is 2.87. The van der Waals surface area contributed by atoms with E-state index in [1.807, 2.05) is 0 Å². The fraction of sp³-hybridized carbons (Fsp3) is 0.125. The summed E-state index contributed by atoms with van der Waals surface area (Å²) in [5.74, 6) is 0. The van der Waals surface area contributed by atoms with Crippen molar-refractivity contribution in [2.75, 3.05) is 16.8 Å². The highest BCUT2D eigenvalue weighted by Crippen LogP contribution is 2.52. The van der Waals surface area contributed by atoms with E-state index in [1.54, 1.807) is 0 Å². The van der Waals surface area contributed by atoms with E-state index in [4.69, 9.17) is 0 Å². The molecule has 0 bridgehead atoms. The zero-order chi connectivity index (χ0) is 12.3.